The SMILES string of the molecule is CC(C)(C)NC(=O)C(c1ccncc1)N(Cc1ccccc1)C(=O)C1CSC(=O)C1. The number of rotatable bonds is 6. The van der Waals surface area contributed by atoms with Gasteiger partial charge in [-0.25, -0.2) is 0 Å². The minimum absolute atomic E-state index is 0.0209. The fourth-order valence-electron chi connectivity index (χ4n) is 3.44. The molecule has 1 aromatic heterocycles. The zero-order chi connectivity index (χ0) is 21.7. The van der Waals surface area contributed by atoms with Crippen LogP contribution >= 0.6 is 11.8 Å². The van der Waals surface area contributed by atoms with E-state index in [1.165, 1.54) is 11.8 Å². The summed E-state index contributed by atoms with van der Waals surface area (Å²) in [5.74, 6) is -0.400. The Kier molecular flexibility index (Phi) is 6.92. The van der Waals surface area contributed by atoms with E-state index in [-0.39, 0.29) is 29.9 Å². The molecule has 158 valence electrons. The second kappa shape index (κ2) is 9.43. The van der Waals surface area contributed by atoms with Crippen molar-refractivity contribution in [2.45, 2.75) is 45.3 Å². The summed E-state index contributed by atoms with van der Waals surface area (Å²) in [5.41, 5.74) is 1.15. The molecule has 0 radical (unpaired) electrons. The van der Waals surface area contributed by atoms with Gasteiger partial charge in [0.15, 0.2) is 5.12 Å². The average molecular weight is 426 g/mol. The molecule has 2 aromatic rings. The van der Waals surface area contributed by atoms with Crippen LogP contribution in [0.15, 0.2) is 54.9 Å². The first-order valence-corrected chi connectivity index (χ1v) is 10.9. The van der Waals surface area contributed by atoms with Crippen LogP contribution in [0.5, 0.6) is 0 Å². The Balaban J connectivity index is 2.01. The second-order valence-corrected chi connectivity index (χ2v) is 9.54. The van der Waals surface area contributed by atoms with Crippen LogP contribution in [0.3, 0.4) is 0 Å². The number of aromatic nitrogens is 1. The maximum Gasteiger partial charge on any atom is 0.247 e. The van der Waals surface area contributed by atoms with E-state index in [1.807, 2.05) is 51.1 Å². The van der Waals surface area contributed by atoms with Crippen molar-refractivity contribution >= 4 is 28.7 Å². The molecule has 2 heterocycles. The number of nitrogens with one attached hydrogen (secondary N) is 1. The van der Waals surface area contributed by atoms with E-state index < -0.39 is 17.5 Å². The number of nitrogens with zero attached hydrogens (tertiary/aromatic N) is 2. The van der Waals surface area contributed by atoms with Crippen LogP contribution in [-0.2, 0) is 20.9 Å². The van der Waals surface area contributed by atoms with Crippen molar-refractivity contribution in [2.24, 2.45) is 5.92 Å². The van der Waals surface area contributed by atoms with Gasteiger partial charge >= 0.3 is 0 Å². The topological polar surface area (TPSA) is 79.4 Å². The van der Waals surface area contributed by atoms with Crippen molar-refractivity contribution in [3.63, 3.8) is 0 Å². The summed E-state index contributed by atoms with van der Waals surface area (Å²) in [6, 6.07) is 12.3. The van der Waals surface area contributed by atoms with Crippen LogP contribution in [0.4, 0.5) is 0 Å². The van der Waals surface area contributed by atoms with E-state index in [2.05, 4.69) is 10.3 Å². The average Bonchev–Trinajstić information content (AvgIpc) is 3.13. The van der Waals surface area contributed by atoms with Crippen LogP contribution in [-0.4, -0.2) is 38.1 Å². The third-order valence-corrected chi connectivity index (χ3v) is 5.82. The highest BCUT2D eigenvalue weighted by Gasteiger charge is 2.39. The van der Waals surface area contributed by atoms with E-state index in [0.717, 1.165) is 5.56 Å². The normalized spacial score (nSPS) is 17.4. The molecule has 30 heavy (non-hydrogen) atoms. The first kappa shape index (κ1) is 22.0. The van der Waals surface area contributed by atoms with Gasteiger partial charge in [0, 0.05) is 36.7 Å². The molecular weight excluding hydrogens is 398 g/mol. The lowest BCUT2D eigenvalue weighted by Crippen LogP contribution is -2.50. The Labute approximate surface area is 181 Å². The van der Waals surface area contributed by atoms with Crippen LogP contribution < -0.4 is 5.32 Å². The number of benzene rings is 1. The molecule has 1 aliphatic rings. The molecule has 0 bridgehead atoms. The maximum absolute atomic E-state index is 13.5. The summed E-state index contributed by atoms with van der Waals surface area (Å²) in [4.78, 5) is 44.4. The number of carbonyl (C=O) groups is 3. The minimum Gasteiger partial charge on any atom is -0.349 e. The Bertz CT molecular complexity index is 897. The van der Waals surface area contributed by atoms with Crippen LogP contribution in [0.1, 0.15) is 44.4 Å². The van der Waals surface area contributed by atoms with Crippen molar-refractivity contribution in [3.05, 3.63) is 66.0 Å². The molecule has 2 atom stereocenters. The zero-order valence-corrected chi connectivity index (χ0v) is 18.3. The monoisotopic (exact) mass is 425 g/mol. The Morgan fingerprint density at radius 1 is 1.17 bits per heavy atom. The predicted octanol–water partition coefficient (Wildman–Crippen LogP) is 3.35. The van der Waals surface area contributed by atoms with Gasteiger partial charge in [-0.2, -0.15) is 0 Å². The lowest BCUT2D eigenvalue weighted by Gasteiger charge is -2.35. The summed E-state index contributed by atoms with van der Waals surface area (Å²) in [6.45, 7) is 6.00. The van der Waals surface area contributed by atoms with E-state index in [4.69, 9.17) is 0 Å². The van der Waals surface area contributed by atoms with E-state index in [0.29, 0.717) is 11.3 Å². The van der Waals surface area contributed by atoms with Crippen molar-refractivity contribution in [2.75, 3.05) is 5.75 Å². The second-order valence-electron chi connectivity index (χ2n) is 8.46. The first-order chi connectivity index (χ1) is 14.2. The molecule has 1 saturated heterocycles. The molecule has 1 aliphatic heterocycles. The largest absolute Gasteiger partial charge is 0.349 e. The van der Waals surface area contributed by atoms with Gasteiger partial charge in [0.25, 0.3) is 0 Å². The van der Waals surface area contributed by atoms with Gasteiger partial charge < -0.3 is 10.2 Å². The zero-order valence-electron chi connectivity index (χ0n) is 17.5. The fourth-order valence-corrected chi connectivity index (χ4v) is 4.41. The van der Waals surface area contributed by atoms with E-state index >= 15 is 0 Å². The molecule has 1 N–H and O–H groups in total. The van der Waals surface area contributed by atoms with Gasteiger partial charge in [-0.3, -0.25) is 19.4 Å². The highest BCUT2D eigenvalue weighted by Crippen LogP contribution is 2.32. The molecule has 0 aliphatic carbocycles. The van der Waals surface area contributed by atoms with Crippen LogP contribution in [0.2, 0.25) is 0 Å². The summed E-state index contributed by atoms with van der Waals surface area (Å²) >= 11 is 1.19. The number of hydrogen-bond donors (Lipinski definition) is 1. The standard InChI is InChI=1S/C23H27N3O3S/c1-23(2,3)25-21(28)20(17-9-11-24-12-10-17)26(14-16-7-5-4-6-8-16)22(29)18-13-19(27)30-15-18/h4-12,18,20H,13-15H2,1-3H3,(H,25,28). The first-order valence-electron chi connectivity index (χ1n) is 9.96. The maximum atomic E-state index is 13.5. The molecule has 1 fully saturated rings. The quantitative estimate of drug-likeness (QED) is 0.768. The van der Waals surface area contributed by atoms with E-state index in [9.17, 15) is 14.4 Å². The summed E-state index contributed by atoms with van der Waals surface area (Å²) < 4.78 is 0. The van der Waals surface area contributed by atoms with Gasteiger partial charge in [-0.15, -0.1) is 0 Å². The van der Waals surface area contributed by atoms with Crippen molar-refractivity contribution < 1.29 is 14.4 Å². The Hall–Kier alpha value is -2.67. The van der Waals surface area contributed by atoms with E-state index in [1.54, 1.807) is 29.4 Å². The lowest BCUT2D eigenvalue weighted by molar-refractivity contribution is -0.145. The molecule has 0 spiro atoms. The molecule has 0 saturated carbocycles. The van der Waals surface area contributed by atoms with Crippen molar-refractivity contribution in [1.82, 2.24) is 15.2 Å². The molecular formula is C23H27N3O3S. The Morgan fingerprint density at radius 3 is 2.40 bits per heavy atom. The molecule has 2 unspecified atom stereocenters. The van der Waals surface area contributed by atoms with Crippen molar-refractivity contribution in [3.8, 4) is 0 Å². The van der Waals surface area contributed by atoms with Gasteiger partial charge in [-0.1, -0.05) is 42.1 Å². The number of thioether (sulfide) groups is 1. The van der Waals surface area contributed by atoms with Gasteiger partial charge in [0.1, 0.15) is 6.04 Å². The van der Waals surface area contributed by atoms with Crippen LogP contribution in [0, 0.1) is 5.92 Å². The highest BCUT2D eigenvalue weighted by atomic mass is 32.2. The third kappa shape index (κ3) is 5.69. The number of carbonyl (C=O) groups excluding carboxylic acids is 3. The summed E-state index contributed by atoms with van der Waals surface area (Å²) in [7, 11) is 0. The molecule has 3 rings (SSSR count). The third-order valence-electron chi connectivity index (χ3n) is 4.77. The Morgan fingerprint density at radius 2 is 1.83 bits per heavy atom. The molecule has 7 heteroatoms. The summed E-state index contributed by atoms with van der Waals surface area (Å²) in [5, 5.41) is 3.03. The van der Waals surface area contributed by atoms with Crippen LogP contribution in [0.25, 0.3) is 0 Å². The molecule has 6 nitrogen and oxygen atoms in total. The smallest absolute Gasteiger partial charge is 0.247 e. The number of pyridine rings is 1. The fraction of sp³-hybridized carbons (Fsp3) is 0.391. The highest BCUT2D eigenvalue weighted by molar-refractivity contribution is 8.14. The lowest BCUT2D eigenvalue weighted by atomic mass is 9.99. The van der Waals surface area contributed by atoms with Gasteiger partial charge in [0.05, 0.1) is 5.92 Å². The summed E-state index contributed by atoms with van der Waals surface area (Å²) in [6.07, 6.45) is 3.44. The van der Waals surface area contributed by atoms with Crippen molar-refractivity contribution in [1.29, 1.82) is 0 Å². The molecule has 1 aromatic carbocycles. The number of hydrogen-bond acceptors (Lipinski definition) is 5. The molecule has 2 amide bonds. The predicted molar refractivity (Wildman–Crippen MR) is 117 cm³/mol. The van der Waals surface area contributed by atoms with Gasteiger partial charge in [-0.05, 0) is 44.0 Å². The minimum atomic E-state index is -0.819. The number of amides is 2. The van der Waals surface area contributed by atoms with Gasteiger partial charge in [0.2, 0.25) is 11.8 Å².